The second-order valence-electron chi connectivity index (χ2n) is 9.34. The monoisotopic (exact) mass is 491 g/mol. The van der Waals surface area contributed by atoms with E-state index in [0.29, 0.717) is 0 Å². The fourth-order valence-electron chi connectivity index (χ4n) is 4.91. The molecule has 0 aliphatic rings. The van der Waals surface area contributed by atoms with E-state index >= 15 is 0 Å². The van der Waals surface area contributed by atoms with E-state index in [4.69, 9.17) is 4.74 Å². The highest BCUT2D eigenvalue weighted by molar-refractivity contribution is 7.95. The molecule has 0 saturated heterocycles. The summed E-state index contributed by atoms with van der Waals surface area (Å²) in [6, 6.07) is 35.3. The van der Waals surface area contributed by atoms with E-state index in [-0.39, 0.29) is 0 Å². The minimum atomic E-state index is -1.87. The highest BCUT2D eigenvalue weighted by Gasteiger charge is 2.44. The predicted molar refractivity (Wildman–Crippen MR) is 160 cm³/mol. The van der Waals surface area contributed by atoms with Crippen LogP contribution in [-0.4, -0.2) is 13.3 Å². The molecule has 4 aromatic carbocycles. The van der Waals surface area contributed by atoms with Crippen molar-refractivity contribution in [2.45, 2.75) is 27.7 Å². The molecule has 4 rings (SSSR count). The van der Waals surface area contributed by atoms with E-state index in [9.17, 15) is 0 Å². The largest absolute Gasteiger partial charge is 0.496 e. The van der Waals surface area contributed by atoms with Crippen LogP contribution in [0.3, 0.4) is 0 Å². The molecule has 0 amide bonds. The molecule has 0 unspecified atom stereocenters. The molecule has 0 radical (unpaired) electrons. The number of benzene rings is 4. The Morgan fingerprint density at radius 2 is 1.19 bits per heavy atom. The Labute approximate surface area is 217 Å². The Balaban J connectivity index is 1.78. The lowest BCUT2D eigenvalue weighted by Crippen LogP contribution is -2.33. The molecule has 182 valence electrons. The maximum atomic E-state index is 5.56. The quantitative estimate of drug-likeness (QED) is 0.182. The Morgan fingerprint density at radius 3 is 1.64 bits per heavy atom. The molecular formula is C34H36OP+. The second-order valence-corrected chi connectivity index (χ2v) is 12.9. The van der Waals surface area contributed by atoms with Crippen molar-refractivity contribution >= 4 is 29.3 Å². The SMILES string of the molecule is COc1cc(C)c(/C=C\C(C)=C/C[P+](c2ccccc2)(c2ccccc2)c2ccccc2)c(C)c1C. The predicted octanol–water partition coefficient (Wildman–Crippen LogP) is 7.57. The molecule has 1 nitrogen and oxygen atoms in total. The van der Waals surface area contributed by atoms with Crippen molar-refractivity contribution in [3.63, 3.8) is 0 Å². The lowest BCUT2D eigenvalue weighted by molar-refractivity contribution is 0.411. The minimum Gasteiger partial charge on any atom is -0.496 e. The average molecular weight is 492 g/mol. The van der Waals surface area contributed by atoms with Gasteiger partial charge in [-0.15, -0.1) is 0 Å². The van der Waals surface area contributed by atoms with Crippen molar-refractivity contribution in [3.8, 4) is 5.75 Å². The smallest absolute Gasteiger partial charge is 0.122 e. The molecule has 0 fully saturated rings. The van der Waals surface area contributed by atoms with Crippen LogP contribution in [0.4, 0.5) is 0 Å². The molecule has 0 aliphatic carbocycles. The van der Waals surface area contributed by atoms with Crippen LogP contribution in [0.2, 0.25) is 0 Å². The zero-order valence-corrected chi connectivity index (χ0v) is 22.9. The molecule has 0 atom stereocenters. The summed E-state index contributed by atoms with van der Waals surface area (Å²) in [5.41, 5.74) is 6.26. The Hall–Kier alpha value is -3.41. The summed E-state index contributed by atoms with van der Waals surface area (Å²) in [5, 5.41) is 4.23. The van der Waals surface area contributed by atoms with Crippen LogP contribution >= 0.6 is 7.26 Å². The van der Waals surface area contributed by atoms with E-state index in [1.54, 1.807) is 7.11 Å². The molecular weight excluding hydrogens is 455 g/mol. The molecule has 0 aliphatic heterocycles. The Morgan fingerprint density at radius 1 is 0.722 bits per heavy atom. The maximum absolute atomic E-state index is 5.56. The van der Waals surface area contributed by atoms with Crippen LogP contribution in [0.1, 0.15) is 29.2 Å². The summed E-state index contributed by atoms with van der Waals surface area (Å²) in [4.78, 5) is 0. The summed E-state index contributed by atoms with van der Waals surface area (Å²) in [6.07, 6.45) is 7.92. The number of ether oxygens (including phenoxy) is 1. The molecule has 0 heterocycles. The van der Waals surface area contributed by atoms with Crippen molar-refractivity contribution in [2.75, 3.05) is 13.3 Å². The van der Waals surface area contributed by atoms with Gasteiger partial charge in [0.15, 0.2) is 0 Å². The van der Waals surface area contributed by atoms with Crippen molar-refractivity contribution in [1.29, 1.82) is 0 Å². The fraction of sp³-hybridized carbons (Fsp3) is 0.176. The first-order chi connectivity index (χ1) is 17.5. The van der Waals surface area contributed by atoms with Crippen molar-refractivity contribution in [3.05, 3.63) is 137 Å². The van der Waals surface area contributed by atoms with Crippen molar-refractivity contribution in [2.24, 2.45) is 0 Å². The molecule has 0 spiro atoms. The summed E-state index contributed by atoms with van der Waals surface area (Å²) in [7, 11) is -0.126. The van der Waals surface area contributed by atoms with E-state index in [2.05, 4.69) is 143 Å². The van der Waals surface area contributed by atoms with Gasteiger partial charge in [-0.3, -0.25) is 0 Å². The Kier molecular flexibility index (Phi) is 8.24. The second kappa shape index (κ2) is 11.5. The Bertz CT molecular complexity index is 1260. The lowest BCUT2D eigenvalue weighted by atomic mass is 9.96. The van der Waals surface area contributed by atoms with E-state index in [1.807, 2.05) is 0 Å². The number of methoxy groups -OCH3 is 1. The van der Waals surface area contributed by atoms with Gasteiger partial charge in [0.2, 0.25) is 0 Å². The van der Waals surface area contributed by atoms with Crippen LogP contribution in [0, 0.1) is 20.8 Å². The summed E-state index contributed by atoms with van der Waals surface area (Å²) in [5.74, 6) is 0.956. The van der Waals surface area contributed by atoms with E-state index in [1.165, 1.54) is 43.7 Å². The highest BCUT2D eigenvalue weighted by Crippen LogP contribution is 2.55. The first-order valence-corrected chi connectivity index (χ1v) is 14.5. The molecule has 0 bridgehead atoms. The lowest BCUT2D eigenvalue weighted by Gasteiger charge is -2.26. The van der Waals surface area contributed by atoms with E-state index in [0.717, 1.165) is 11.9 Å². The average Bonchev–Trinajstić information content (AvgIpc) is 2.93. The topological polar surface area (TPSA) is 9.23 Å². The van der Waals surface area contributed by atoms with Crippen LogP contribution in [0.25, 0.3) is 6.08 Å². The van der Waals surface area contributed by atoms with Gasteiger partial charge in [0, 0.05) is 0 Å². The number of allylic oxidation sites excluding steroid dienone is 3. The van der Waals surface area contributed by atoms with Crippen molar-refractivity contribution in [1.82, 2.24) is 0 Å². The van der Waals surface area contributed by atoms with Gasteiger partial charge in [-0.05, 0) is 98.5 Å². The minimum absolute atomic E-state index is 0.956. The van der Waals surface area contributed by atoms with Gasteiger partial charge >= 0.3 is 0 Å². The van der Waals surface area contributed by atoms with Crippen LogP contribution < -0.4 is 20.7 Å². The molecule has 0 saturated carbocycles. The van der Waals surface area contributed by atoms with Gasteiger partial charge in [0.05, 0.1) is 13.3 Å². The van der Waals surface area contributed by atoms with Crippen LogP contribution in [-0.2, 0) is 0 Å². The maximum Gasteiger partial charge on any atom is 0.122 e. The van der Waals surface area contributed by atoms with Crippen LogP contribution in [0.15, 0.2) is 115 Å². The first kappa shape index (κ1) is 25.7. The molecule has 0 aromatic heterocycles. The van der Waals surface area contributed by atoms with Gasteiger partial charge < -0.3 is 4.74 Å². The third-order valence-electron chi connectivity index (χ3n) is 7.12. The van der Waals surface area contributed by atoms with Gasteiger partial charge in [-0.1, -0.05) is 72.3 Å². The molecule has 36 heavy (non-hydrogen) atoms. The summed E-state index contributed by atoms with van der Waals surface area (Å²) < 4.78 is 5.56. The summed E-state index contributed by atoms with van der Waals surface area (Å²) in [6.45, 7) is 8.68. The van der Waals surface area contributed by atoms with Gasteiger partial charge in [0.1, 0.15) is 28.9 Å². The number of hydrogen-bond acceptors (Lipinski definition) is 1. The molecule has 0 N–H and O–H groups in total. The molecule has 2 heteroatoms. The standard InChI is InChI=1S/C34H36OP/c1-26(21-22-33-27(2)25-34(35-5)29(4)28(33)3)23-24-36(30-15-9-6-10-16-30,31-17-11-7-12-18-31)32-19-13-8-14-20-32/h6-23,25H,24H2,1-5H3/q+1/b22-21-,26-23-. The number of aryl methyl sites for hydroxylation is 1. The van der Waals surface area contributed by atoms with Gasteiger partial charge in [-0.2, -0.15) is 0 Å². The van der Waals surface area contributed by atoms with Gasteiger partial charge in [0.25, 0.3) is 0 Å². The van der Waals surface area contributed by atoms with Crippen molar-refractivity contribution < 1.29 is 4.74 Å². The molecule has 4 aromatic rings. The third-order valence-corrected chi connectivity index (χ3v) is 11.4. The van der Waals surface area contributed by atoms with E-state index < -0.39 is 7.26 Å². The number of hydrogen-bond donors (Lipinski definition) is 0. The third kappa shape index (κ3) is 5.23. The zero-order chi connectivity index (χ0) is 25.5. The normalized spacial score (nSPS) is 12.2. The first-order valence-electron chi connectivity index (χ1n) is 12.5. The number of rotatable bonds is 8. The van der Waals surface area contributed by atoms with Crippen LogP contribution in [0.5, 0.6) is 5.75 Å². The fourth-order valence-corrected chi connectivity index (χ4v) is 9.04. The summed E-state index contributed by atoms with van der Waals surface area (Å²) >= 11 is 0. The zero-order valence-electron chi connectivity index (χ0n) is 22.0. The van der Waals surface area contributed by atoms with Gasteiger partial charge in [-0.25, -0.2) is 0 Å². The highest BCUT2D eigenvalue weighted by atomic mass is 31.2.